The summed E-state index contributed by atoms with van der Waals surface area (Å²) in [5, 5.41) is 2.82. The van der Waals surface area contributed by atoms with Crippen LogP contribution in [-0.2, 0) is 6.42 Å². The van der Waals surface area contributed by atoms with E-state index in [0.717, 1.165) is 12.8 Å². The van der Waals surface area contributed by atoms with Crippen LogP contribution in [0, 0.1) is 5.82 Å². The van der Waals surface area contributed by atoms with Crippen molar-refractivity contribution in [3.8, 4) is 5.75 Å². The molecule has 0 aromatic heterocycles. The zero-order valence-corrected chi connectivity index (χ0v) is 12.8. The molecule has 0 spiro atoms. The van der Waals surface area contributed by atoms with E-state index in [1.165, 1.54) is 24.8 Å². The molecule has 2 rings (SSSR count). The lowest BCUT2D eigenvalue weighted by atomic mass is 10.1. The Morgan fingerprint density at radius 2 is 1.95 bits per heavy atom. The van der Waals surface area contributed by atoms with Gasteiger partial charge in [-0.25, -0.2) is 4.39 Å². The molecule has 1 unspecified atom stereocenters. The predicted octanol–water partition coefficient (Wildman–Crippen LogP) is 3.59. The van der Waals surface area contributed by atoms with Gasteiger partial charge in [0.2, 0.25) is 0 Å². The molecule has 0 aliphatic carbocycles. The van der Waals surface area contributed by atoms with Gasteiger partial charge >= 0.3 is 0 Å². The van der Waals surface area contributed by atoms with Crippen LogP contribution in [0.2, 0.25) is 0 Å². The minimum Gasteiger partial charge on any atom is -0.497 e. The van der Waals surface area contributed by atoms with Crippen molar-refractivity contribution < 1.29 is 13.9 Å². The number of hydrogen-bond acceptors (Lipinski definition) is 2. The summed E-state index contributed by atoms with van der Waals surface area (Å²) in [6, 6.07) is 14.3. The van der Waals surface area contributed by atoms with Gasteiger partial charge in [0.25, 0.3) is 5.91 Å². The number of carbonyl (C=O) groups is 1. The minimum atomic E-state index is -0.577. The first-order chi connectivity index (χ1) is 10.6. The maximum Gasteiger partial charge on any atom is 0.254 e. The number of carbonyl (C=O) groups excluding carboxylic acids is 1. The molecular formula is C18H20FNO2. The molecule has 2 aromatic rings. The smallest absolute Gasteiger partial charge is 0.254 e. The Kier molecular flexibility index (Phi) is 5.53. The van der Waals surface area contributed by atoms with Crippen molar-refractivity contribution in [2.75, 3.05) is 7.11 Å². The number of rotatable bonds is 6. The summed E-state index contributed by atoms with van der Waals surface area (Å²) in [4.78, 5) is 12.1. The molecule has 2 aromatic carbocycles. The van der Waals surface area contributed by atoms with Gasteiger partial charge in [0.1, 0.15) is 11.6 Å². The molecule has 116 valence electrons. The summed E-state index contributed by atoms with van der Waals surface area (Å²) in [6.07, 6.45) is 1.67. The van der Waals surface area contributed by atoms with E-state index in [2.05, 4.69) is 17.4 Å². The van der Waals surface area contributed by atoms with E-state index < -0.39 is 11.7 Å². The van der Waals surface area contributed by atoms with Gasteiger partial charge < -0.3 is 10.1 Å². The summed E-state index contributed by atoms with van der Waals surface area (Å²) in [5.41, 5.74) is 1.26. The molecule has 0 aliphatic heterocycles. The minimum absolute atomic E-state index is 0.0331. The van der Waals surface area contributed by atoms with E-state index in [1.54, 1.807) is 6.07 Å². The molecule has 0 bridgehead atoms. The summed E-state index contributed by atoms with van der Waals surface area (Å²) in [7, 11) is 1.46. The average Bonchev–Trinajstić information content (AvgIpc) is 2.53. The van der Waals surface area contributed by atoms with Crippen LogP contribution >= 0.6 is 0 Å². The SMILES string of the molecule is COc1ccc(C(=O)NC(C)CCc2ccccc2)c(F)c1. The van der Waals surface area contributed by atoms with E-state index in [-0.39, 0.29) is 11.6 Å². The van der Waals surface area contributed by atoms with Crippen molar-refractivity contribution in [2.45, 2.75) is 25.8 Å². The molecule has 0 saturated carbocycles. The lowest BCUT2D eigenvalue weighted by Crippen LogP contribution is -2.33. The Bertz CT molecular complexity index is 628. The van der Waals surface area contributed by atoms with E-state index in [0.29, 0.717) is 5.75 Å². The van der Waals surface area contributed by atoms with Crippen LogP contribution in [0.25, 0.3) is 0 Å². The van der Waals surface area contributed by atoms with Gasteiger partial charge in [-0.1, -0.05) is 30.3 Å². The second-order valence-corrected chi connectivity index (χ2v) is 5.24. The highest BCUT2D eigenvalue weighted by Crippen LogP contribution is 2.16. The number of nitrogens with one attached hydrogen (secondary N) is 1. The molecule has 4 heteroatoms. The Morgan fingerprint density at radius 3 is 2.59 bits per heavy atom. The van der Waals surface area contributed by atoms with Crippen molar-refractivity contribution >= 4 is 5.91 Å². The molecule has 22 heavy (non-hydrogen) atoms. The fraction of sp³-hybridized carbons (Fsp3) is 0.278. The number of hydrogen-bond donors (Lipinski definition) is 1. The van der Waals surface area contributed by atoms with Crippen molar-refractivity contribution in [1.29, 1.82) is 0 Å². The molecule has 1 amide bonds. The lowest BCUT2D eigenvalue weighted by Gasteiger charge is -2.14. The highest BCUT2D eigenvalue weighted by atomic mass is 19.1. The Morgan fingerprint density at radius 1 is 1.23 bits per heavy atom. The van der Waals surface area contributed by atoms with Crippen LogP contribution in [0.15, 0.2) is 48.5 Å². The van der Waals surface area contributed by atoms with Gasteiger partial charge in [-0.2, -0.15) is 0 Å². The fourth-order valence-corrected chi connectivity index (χ4v) is 2.21. The van der Waals surface area contributed by atoms with Gasteiger partial charge in [-0.3, -0.25) is 4.79 Å². The number of benzene rings is 2. The van der Waals surface area contributed by atoms with Crippen molar-refractivity contribution in [2.24, 2.45) is 0 Å². The molecule has 0 aliphatic rings. The van der Waals surface area contributed by atoms with Gasteiger partial charge in [-0.15, -0.1) is 0 Å². The van der Waals surface area contributed by atoms with Crippen LogP contribution in [0.5, 0.6) is 5.75 Å². The van der Waals surface area contributed by atoms with Crippen molar-refractivity contribution in [3.05, 3.63) is 65.5 Å². The monoisotopic (exact) mass is 301 g/mol. The summed E-state index contributed by atoms with van der Waals surface area (Å²) < 4.78 is 18.8. The molecule has 3 nitrogen and oxygen atoms in total. The number of methoxy groups -OCH3 is 1. The third-order valence-electron chi connectivity index (χ3n) is 3.51. The van der Waals surface area contributed by atoms with Crippen molar-refractivity contribution in [1.82, 2.24) is 5.32 Å². The highest BCUT2D eigenvalue weighted by molar-refractivity contribution is 5.94. The first kappa shape index (κ1) is 16.0. The second-order valence-electron chi connectivity index (χ2n) is 5.24. The normalized spacial score (nSPS) is 11.8. The standard InChI is InChI=1S/C18H20FNO2/c1-13(8-9-14-6-4-3-5-7-14)20-18(21)16-11-10-15(22-2)12-17(16)19/h3-7,10-13H,8-9H2,1-2H3,(H,20,21). The van der Waals surface area contributed by atoms with E-state index >= 15 is 0 Å². The Labute approximate surface area is 130 Å². The zero-order valence-electron chi connectivity index (χ0n) is 12.8. The molecular weight excluding hydrogens is 281 g/mol. The van der Waals surface area contributed by atoms with Crippen LogP contribution in [0.1, 0.15) is 29.3 Å². The number of amides is 1. The molecule has 0 radical (unpaired) electrons. The molecule has 1 N–H and O–H groups in total. The maximum atomic E-state index is 13.8. The van der Waals surface area contributed by atoms with E-state index in [4.69, 9.17) is 4.74 Å². The maximum absolute atomic E-state index is 13.8. The highest BCUT2D eigenvalue weighted by Gasteiger charge is 2.14. The molecule has 0 fully saturated rings. The third kappa shape index (κ3) is 4.32. The number of ether oxygens (including phenoxy) is 1. The summed E-state index contributed by atoms with van der Waals surface area (Å²) in [6.45, 7) is 1.92. The van der Waals surface area contributed by atoms with Gasteiger partial charge in [0.05, 0.1) is 12.7 Å². The van der Waals surface area contributed by atoms with E-state index in [1.807, 2.05) is 25.1 Å². The largest absolute Gasteiger partial charge is 0.497 e. The van der Waals surface area contributed by atoms with Crippen LogP contribution < -0.4 is 10.1 Å². The second kappa shape index (κ2) is 7.59. The van der Waals surface area contributed by atoms with E-state index in [9.17, 15) is 9.18 Å². The Hall–Kier alpha value is -2.36. The van der Waals surface area contributed by atoms with Crippen molar-refractivity contribution in [3.63, 3.8) is 0 Å². The topological polar surface area (TPSA) is 38.3 Å². The van der Waals surface area contributed by atoms with Gasteiger partial charge in [-0.05, 0) is 37.5 Å². The molecule has 1 atom stereocenters. The number of aryl methyl sites for hydroxylation is 1. The lowest BCUT2D eigenvalue weighted by molar-refractivity contribution is 0.0934. The molecule has 0 heterocycles. The third-order valence-corrected chi connectivity index (χ3v) is 3.51. The van der Waals surface area contributed by atoms with Gasteiger partial charge in [0, 0.05) is 12.1 Å². The first-order valence-corrected chi connectivity index (χ1v) is 7.28. The van der Waals surface area contributed by atoms with Crippen LogP contribution in [0.3, 0.4) is 0 Å². The zero-order chi connectivity index (χ0) is 15.9. The van der Waals surface area contributed by atoms with Gasteiger partial charge in [0.15, 0.2) is 0 Å². The quantitative estimate of drug-likeness (QED) is 0.885. The Balaban J connectivity index is 1.91. The molecule has 0 saturated heterocycles. The van der Waals surface area contributed by atoms with Crippen LogP contribution in [-0.4, -0.2) is 19.1 Å². The first-order valence-electron chi connectivity index (χ1n) is 7.28. The summed E-state index contributed by atoms with van der Waals surface area (Å²) in [5.74, 6) is -0.584. The number of halogens is 1. The van der Waals surface area contributed by atoms with Crippen LogP contribution in [0.4, 0.5) is 4.39 Å². The average molecular weight is 301 g/mol. The summed E-state index contributed by atoms with van der Waals surface area (Å²) >= 11 is 0. The predicted molar refractivity (Wildman–Crippen MR) is 84.6 cm³/mol. The fourth-order valence-electron chi connectivity index (χ4n) is 2.21.